The van der Waals surface area contributed by atoms with Gasteiger partial charge in [0, 0.05) is 25.6 Å². The predicted molar refractivity (Wildman–Crippen MR) is 122 cm³/mol. The van der Waals surface area contributed by atoms with E-state index in [9.17, 15) is 17.6 Å². The molecule has 2 aromatic rings. The van der Waals surface area contributed by atoms with Crippen LogP contribution in [0.2, 0.25) is 0 Å². The van der Waals surface area contributed by atoms with E-state index >= 15 is 0 Å². The fourth-order valence-electron chi connectivity index (χ4n) is 4.16. The Morgan fingerprint density at radius 3 is 2.55 bits per heavy atom. The zero-order chi connectivity index (χ0) is 23.4. The minimum atomic E-state index is -3.71. The molecule has 0 bridgehead atoms. The lowest BCUT2D eigenvalue weighted by molar-refractivity contribution is -0.120. The molecule has 0 aliphatic carbocycles. The number of aryl methyl sites for hydroxylation is 1. The molecule has 2 saturated heterocycles. The number of piperidine rings is 1. The fourth-order valence-corrected chi connectivity index (χ4v) is 5.63. The van der Waals surface area contributed by atoms with Crippen LogP contribution in [0.15, 0.2) is 47.4 Å². The lowest BCUT2D eigenvalue weighted by Gasteiger charge is -2.30. The zero-order valence-corrected chi connectivity index (χ0v) is 19.4. The summed E-state index contributed by atoms with van der Waals surface area (Å²) in [4.78, 5) is 13.0. The van der Waals surface area contributed by atoms with Crippen molar-refractivity contribution < 1.29 is 27.1 Å². The smallest absolute Gasteiger partial charge is 0.243 e. The Bertz CT molecular complexity index is 1080. The Hall–Kier alpha value is -2.49. The lowest BCUT2D eigenvalue weighted by atomic mass is 9.97. The highest BCUT2D eigenvalue weighted by Crippen LogP contribution is 2.29. The van der Waals surface area contributed by atoms with E-state index in [2.05, 4.69) is 5.32 Å². The van der Waals surface area contributed by atoms with Gasteiger partial charge < -0.3 is 14.8 Å². The molecule has 1 amide bonds. The molecule has 1 unspecified atom stereocenters. The molecule has 2 aromatic carbocycles. The molecular formula is C24H29FN2O5S. The molecule has 0 aromatic heterocycles. The van der Waals surface area contributed by atoms with E-state index in [-0.39, 0.29) is 35.9 Å². The minimum Gasteiger partial charge on any atom is -0.489 e. The first-order valence-electron chi connectivity index (χ1n) is 11.2. The average molecular weight is 477 g/mol. The van der Waals surface area contributed by atoms with E-state index in [1.54, 1.807) is 0 Å². The first kappa shape index (κ1) is 23.7. The molecule has 0 saturated carbocycles. The van der Waals surface area contributed by atoms with Crippen molar-refractivity contribution in [1.82, 2.24) is 4.31 Å². The number of carbonyl (C=O) groups is 1. The van der Waals surface area contributed by atoms with Crippen molar-refractivity contribution in [2.24, 2.45) is 5.92 Å². The number of rotatable bonds is 7. The summed E-state index contributed by atoms with van der Waals surface area (Å²) in [5.74, 6) is -0.341. The highest BCUT2D eigenvalue weighted by atomic mass is 32.2. The number of amides is 1. The maximum atomic E-state index is 13.1. The Labute approximate surface area is 193 Å². The number of hydrogen-bond donors (Lipinski definition) is 1. The molecule has 7 nitrogen and oxygen atoms in total. The monoisotopic (exact) mass is 476 g/mol. The van der Waals surface area contributed by atoms with Crippen LogP contribution in [0.25, 0.3) is 0 Å². The van der Waals surface area contributed by atoms with Crippen LogP contribution in [0, 0.1) is 18.7 Å². The van der Waals surface area contributed by atoms with Gasteiger partial charge in [-0.25, -0.2) is 12.8 Å². The van der Waals surface area contributed by atoms with Crippen LogP contribution < -0.4 is 10.1 Å². The van der Waals surface area contributed by atoms with Crippen molar-refractivity contribution in [2.45, 2.75) is 43.6 Å². The molecule has 4 rings (SSSR count). The number of benzene rings is 2. The van der Waals surface area contributed by atoms with Crippen molar-refractivity contribution in [2.75, 3.05) is 31.6 Å². The van der Waals surface area contributed by atoms with E-state index in [0.29, 0.717) is 30.9 Å². The first-order chi connectivity index (χ1) is 15.8. The van der Waals surface area contributed by atoms with E-state index < -0.39 is 15.8 Å². The van der Waals surface area contributed by atoms with Crippen LogP contribution in [-0.4, -0.2) is 51.0 Å². The van der Waals surface area contributed by atoms with Gasteiger partial charge >= 0.3 is 0 Å². The second-order valence-electron chi connectivity index (χ2n) is 8.57. The van der Waals surface area contributed by atoms with Crippen molar-refractivity contribution in [3.63, 3.8) is 0 Å². The zero-order valence-electron chi connectivity index (χ0n) is 18.6. The summed E-state index contributed by atoms with van der Waals surface area (Å²) in [5.41, 5.74) is 1.62. The average Bonchev–Trinajstić information content (AvgIpc) is 3.33. The molecule has 1 N–H and O–H groups in total. The third-order valence-corrected chi connectivity index (χ3v) is 8.03. The maximum absolute atomic E-state index is 13.1. The molecule has 33 heavy (non-hydrogen) atoms. The highest BCUT2D eigenvalue weighted by Gasteiger charge is 2.32. The van der Waals surface area contributed by atoms with Gasteiger partial charge in [-0.1, -0.05) is 6.07 Å². The fraction of sp³-hybridized carbons (Fsp3) is 0.458. The molecule has 2 fully saturated rings. The summed E-state index contributed by atoms with van der Waals surface area (Å²) >= 11 is 0. The summed E-state index contributed by atoms with van der Waals surface area (Å²) in [6.45, 7) is 3.61. The largest absolute Gasteiger partial charge is 0.489 e. The van der Waals surface area contributed by atoms with Crippen molar-refractivity contribution in [3.8, 4) is 5.75 Å². The van der Waals surface area contributed by atoms with Gasteiger partial charge in [0.1, 0.15) is 18.2 Å². The summed E-state index contributed by atoms with van der Waals surface area (Å²) in [5, 5.41) is 2.96. The number of sulfonamides is 1. The Balaban J connectivity index is 1.36. The molecule has 2 aliphatic rings. The third kappa shape index (κ3) is 5.72. The number of anilines is 1. The lowest BCUT2D eigenvalue weighted by Crippen LogP contribution is -2.41. The SMILES string of the molecule is Cc1ccc(NC(=O)C2CCN(S(=O)(=O)c3ccc(F)cc3)CC2)c(OCC2CCCO2)c1. The Morgan fingerprint density at radius 1 is 1.15 bits per heavy atom. The minimum absolute atomic E-state index is 0.0551. The highest BCUT2D eigenvalue weighted by molar-refractivity contribution is 7.89. The number of nitrogens with one attached hydrogen (secondary N) is 1. The topological polar surface area (TPSA) is 84.9 Å². The van der Waals surface area contributed by atoms with Gasteiger partial charge in [0.25, 0.3) is 0 Å². The van der Waals surface area contributed by atoms with Crippen molar-refractivity contribution in [1.29, 1.82) is 0 Å². The summed E-state index contributed by atoms with van der Waals surface area (Å²) in [7, 11) is -3.71. The van der Waals surface area contributed by atoms with Crippen LogP contribution >= 0.6 is 0 Å². The molecule has 9 heteroatoms. The predicted octanol–water partition coefficient (Wildman–Crippen LogP) is 3.73. The Morgan fingerprint density at radius 2 is 1.88 bits per heavy atom. The van der Waals surface area contributed by atoms with Gasteiger partial charge in [-0.05, 0) is 74.6 Å². The molecule has 1 atom stereocenters. The van der Waals surface area contributed by atoms with Gasteiger partial charge in [0.05, 0.1) is 16.7 Å². The van der Waals surface area contributed by atoms with Crippen LogP contribution in [0.1, 0.15) is 31.2 Å². The van der Waals surface area contributed by atoms with Gasteiger partial charge in [0.2, 0.25) is 15.9 Å². The van der Waals surface area contributed by atoms with Gasteiger partial charge in [-0.15, -0.1) is 0 Å². The number of halogens is 1. The number of nitrogens with zero attached hydrogens (tertiary/aromatic N) is 1. The quantitative estimate of drug-likeness (QED) is 0.658. The molecule has 2 aliphatic heterocycles. The van der Waals surface area contributed by atoms with Gasteiger partial charge in [-0.2, -0.15) is 4.31 Å². The van der Waals surface area contributed by atoms with E-state index in [1.807, 2.05) is 25.1 Å². The number of ether oxygens (including phenoxy) is 2. The molecule has 0 radical (unpaired) electrons. The van der Waals surface area contributed by atoms with E-state index in [1.165, 1.54) is 16.4 Å². The van der Waals surface area contributed by atoms with Gasteiger partial charge in [0.15, 0.2) is 0 Å². The molecule has 0 spiro atoms. The molecule has 178 valence electrons. The summed E-state index contributed by atoms with van der Waals surface area (Å²) in [6, 6.07) is 10.4. The summed E-state index contributed by atoms with van der Waals surface area (Å²) in [6.07, 6.45) is 2.88. The maximum Gasteiger partial charge on any atom is 0.243 e. The summed E-state index contributed by atoms with van der Waals surface area (Å²) < 4.78 is 51.7. The Kier molecular flexibility index (Phi) is 7.31. The van der Waals surface area contributed by atoms with E-state index in [0.717, 1.165) is 37.1 Å². The third-order valence-electron chi connectivity index (χ3n) is 6.12. The standard InChI is InChI=1S/C24H29FN2O5S/c1-17-4-9-22(23(15-17)32-16-20-3-2-14-31-20)26-24(28)18-10-12-27(13-11-18)33(29,30)21-7-5-19(25)6-8-21/h4-9,15,18,20H,2-3,10-14,16H2,1H3,(H,26,28). The number of carbonyl (C=O) groups excluding carboxylic acids is 1. The van der Waals surface area contributed by atoms with Crippen LogP contribution in [0.4, 0.5) is 10.1 Å². The number of hydrogen-bond acceptors (Lipinski definition) is 5. The normalized spacial score (nSPS) is 20.0. The molecular weight excluding hydrogens is 447 g/mol. The molecule has 2 heterocycles. The second kappa shape index (κ2) is 10.2. The van der Waals surface area contributed by atoms with Gasteiger partial charge in [-0.3, -0.25) is 4.79 Å². The van der Waals surface area contributed by atoms with Crippen LogP contribution in [-0.2, 0) is 19.6 Å². The van der Waals surface area contributed by atoms with Crippen LogP contribution in [0.3, 0.4) is 0 Å². The second-order valence-corrected chi connectivity index (χ2v) is 10.5. The van der Waals surface area contributed by atoms with Crippen LogP contribution in [0.5, 0.6) is 5.75 Å². The van der Waals surface area contributed by atoms with E-state index in [4.69, 9.17) is 9.47 Å². The first-order valence-corrected chi connectivity index (χ1v) is 12.7. The van der Waals surface area contributed by atoms with Crippen molar-refractivity contribution in [3.05, 3.63) is 53.8 Å². The van der Waals surface area contributed by atoms with Crippen molar-refractivity contribution >= 4 is 21.6 Å².